The zero-order valence-electron chi connectivity index (χ0n) is 16.7. The van der Waals surface area contributed by atoms with Crippen LogP contribution in [0, 0.1) is 13.8 Å². The summed E-state index contributed by atoms with van der Waals surface area (Å²) < 4.78 is 33.5. The zero-order chi connectivity index (χ0) is 21.0. The summed E-state index contributed by atoms with van der Waals surface area (Å²) in [6.07, 6.45) is 3.13. The fourth-order valence-electron chi connectivity index (χ4n) is 3.10. The molecule has 0 bridgehead atoms. The van der Waals surface area contributed by atoms with E-state index >= 15 is 0 Å². The lowest BCUT2D eigenvalue weighted by molar-refractivity contribution is 0.0972. The molecule has 152 valence electrons. The minimum absolute atomic E-state index is 0.230. The number of furan rings is 1. The molecule has 0 unspecified atom stereocenters. The van der Waals surface area contributed by atoms with Crippen LogP contribution in [0.3, 0.4) is 0 Å². The molecule has 29 heavy (non-hydrogen) atoms. The van der Waals surface area contributed by atoms with Crippen molar-refractivity contribution in [2.24, 2.45) is 0 Å². The van der Waals surface area contributed by atoms with Crippen molar-refractivity contribution < 1.29 is 17.6 Å². The van der Waals surface area contributed by atoms with E-state index in [0.29, 0.717) is 12.1 Å². The number of nitrogens with zero attached hydrogens (tertiary/aromatic N) is 2. The summed E-state index contributed by atoms with van der Waals surface area (Å²) >= 11 is 0. The van der Waals surface area contributed by atoms with Crippen molar-refractivity contribution in [3.63, 3.8) is 0 Å². The predicted octanol–water partition coefficient (Wildman–Crippen LogP) is 3.86. The van der Waals surface area contributed by atoms with Crippen LogP contribution in [0.25, 0.3) is 6.08 Å². The number of aryl methyl sites for hydroxylation is 1. The Hall–Kier alpha value is -2.90. The molecule has 1 aromatic carbocycles. The van der Waals surface area contributed by atoms with E-state index in [1.807, 2.05) is 60.9 Å². The number of benzene rings is 1. The van der Waals surface area contributed by atoms with Crippen LogP contribution in [0.4, 0.5) is 0 Å². The van der Waals surface area contributed by atoms with Crippen LogP contribution in [0.2, 0.25) is 0 Å². The van der Waals surface area contributed by atoms with Crippen molar-refractivity contribution in [1.82, 2.24) is 8.87 Å². The van der Waals surface area contributed by atoms with Crippen molar-refractivity contribution in [1.29, 1.82) is 0 Å². The Morgan fingerprint density at radius 1 is 1.14 bits per heavy atom. The summed E-state index contributed by atoms with van der Waals surface area (Å²) in [5.74, 6) is 0.541. The standard InChI is InChI=1S/C22H24N2O4S/c1-17-14-21(18(2)24(17)15-20-10-7-12-28-20)22(25)16-23(3)29(26,27)13-11-19-8-5-4-6-9-19/h4-14H,15-16H2,1-3H3/b13-11+. The van der Waals surface area contributed by atoms with E-state index in [1.165, 1.54) is 13.1 Å². The molecule has 7 heteroatoms. The Labute approximate surface area is 171 Å². The highest BCUT2D eigenvalue weighted by Gasteiger charge is 2.22. The number of carbonyl (C=O) groups excluding carboxylic acids is 1. The van der Waals surface area contributed by atoms with Gasteiger partial charge in [-0.2, -0.15) is 4.31 Å². The van der Waals surface area contributed by atoms with Gasteiger partial charge in [0.25, 0.3) is 0 Å². The van der Waals surface area contributed by atoms with Crippen molar-refractivity contribution >= 4 is 21.9 Å². The van der Waals surface area contributed by atoms with Crippen LogP contribution in [0.5, 0.6) is 0 Å². The molecular formula is C22H24N2O4S. The van der Waals surface area contributed by atoms with Crippen molar-refractivity contribution in [3.05, 3.63) is 88.5 Å². The maximum Gasteiger partial charge on any atom is 0.236 e. The second-order valence-electron chi connectivity index (χ2n) is 6.89. The zero-order valence-corrected chi connectivity index (χ0v) is 17.5. The quantitative estimate of drug-likeness (QED) is 0.527. The summed E-state index contributed by atoms with van der Waals surface area (Å²) in [5.41, 5.74) is 2.99. The SMILES string of the molecule is Cc1cc(C(=O)CN(C)S(=O)(=O)/C=C/c2ccccc2)c(C)n1Cc1ccco1. The van der Waals surface area contributed by atoms with Crippen LogP contribution >= 0.6 is 0 Å². The topological polar surface area (TPSA) is 72.5 Å². The number of carbonyl (C=O) groups is 1. The third-order valence-electron chi connectivity index (χ3n) is 4.80. The number of aromatic nitrogens is 1. The average Bonchev–Trinajstić information content (AvgIpc) is 3.31. The molecular weight excluding hydrogens is 388 g/mol. The molecule has 0 aliphatic heterocycles. The summed E-state index contributed by atoms with van der Waals surface area (Å²) in [6, 6.07) is 14.6. The molecule has 0 radical (unpaired) electrons. The van der Waals surface area contributed by atoms with E-state index in [9.17, 15) is 13.2 Å². The first-order chi connectivity index (χ1) is 13.8. The maximum absolute atomic E-state index is 12.8. The maximum atomic E-state index is 12.8. The van der Waals surface area contributed by atoms with Crippen LogP contribution in [0.1, 0.15) is 33.1 Å². The smallest absolute Gasteiger partial charge is 0.236 e. The fraction of sp³-hybridized carbons (Fsp3) is 0.227. The first-order valence-electron chi connectivity index (χ1n) is 9.19. The molecule has 2 heterocycles. The number of hydrogen-bond acceptors (Lipinski definition) is 4. The van der Waals surface area contributed by atoms with Gasteiger partial charge < -0.3 is 8.98 Å². The third-order valence-corrected chi connectivity index (χ3v) is 6.28. The van der Waals surface area contributed by atoms with Gasteiger partial charge in [0.15, 0.2) is 5.78 Å². The van der Waals surface area contributed by atoms with E-state index in [0.717, 1.165) is 32.4 Å². The van der Waals surface area contributed by atoms with Crippen LogP contribution in [-0.2, 0) is 16.6 Å². The largest absolute Gasteiger partial charge is 0.467 e. The van der Waals surface area contributed by atoms with Crippen molar-refractivity contribution in [2.45, 2.75) is 20.4 Å². The Bertz CT molecular complexity index is 1110. The number of Topliss-reactive ketones (excluding diaryl/α,β-unsaturated/α-hetero) is 1. The van der Waals surface area contributed by atoms with Gasteiger partial charge in [-0.15, -0.1) is 0 Å². The van der Waals surface area contributed by atoms with Gasteiger partial charge in [-0.1, -0.05) is 30.3 Å². The molecule has 0 aliphatic carbocycles. The monoisotopic (exact) mass is 412 g/mol. The van der Waals surface area contributed by atoms with Gasteiger partial charge in [-0.25, -0.2) is 8.42 Å². The molecule has 0 fully saturated rings. The van der Waals surface area contributed by atoms with Gasteiger partial charge in [0.1, 0.15) is 5.76 Å². The summed E-state index contributed by atoms with van der Waals surface area (Å²) in [7, 11) is -2.30. The summed E-state index contributed by atoms with van der Waals surface area (Å²) in [5, 5.41) is 1.12. The summed E-state index contributed by atoms with van der Waals surface area (Å²) in [4.78, 5) is 12.8. The highest BCUT2D eigenvalue weighted by Crippen LogP contribution is 2.19. The molecule has 0 amide bonds. The number of hydrogen-bond donors (Lipinski definition) is 0. The van der Waals surface area contributed by atoms with Crippen molar-refractivity contribution in [2.75, 3.05) is 13.6 Å². The Balaban J connectivity index is 1.73. The van der Waals surface area contributed by atoms with Gasteiger partial charge in [0, 0.05) is 29.4 Å². The molecule has 3 aromatic rings. The second-order valence-corrected chi connectivity index (χ2v) is 8.81. The van der Waals surface area contributed by atoms with E-state index in [1.54, 1.807) is 12.3 Å². The number of sulfonamides is 1. The van der Waals surface area contributed by atoms with Crippen molar-refractivity contribution in [3.8, 4) is 0 Å². The van der Waals surface area contributed by atoms with Crippen LogP contribution in [0.15, 0.2) is 64.6 Å². The highest BCUT2D eigenvalue weighted by atomic mass is 32.2. The first kappa shape index (κ1) is 20.8. The minimum atomic E-state index is -3.71. The molecule has 0 saturated carbocycles. The average molecular weight is 413 g/mol. The first-order valence-corrected chi connectivity index (χ1v) is 10.7. The lowest BCUT2D eigenvalue weighted by Gasteiger charge is -2.14. The molecule has 3 rings (SSSR count). The van der Waals surface area contributed by atoms with E-state index < -0.39 is 10.0 Å². The number of ketones is 1. The Morgan fingerprint density at radius 2 is 1.86 bits per heavy atom. The summed E-state index contributed by atoms with van der Waals surface area (Å²) in [6.45, 7) is 4.06. The molecule has 0 saturated heterocycles. The van der Waals surface area contributed by atoms with Crippen LogP contribution in [-0.4, -0.2) is 36.7 Å². The minimum Gasteiger partial charge on any atom is -0.467 e. The lowest BCUT2D eigenvalue weighted by Crippen LogP contribution is -2.31. The lowest BCUT2D eigenvalue weighted by atomic mass is 10.1. The normalized spacial score (nSPS) is 12.1. The fourth-order valence-corrected chi connectivity index (χ4v) is 3.93. The van der Waals surface area contributed by atoms with E-state index in [4.69, 9.17) is 4.42 Å². The molecule has 0 atom stereocenters. The molecule has 0 aliphatic rings. The number of likely N-dealkylation sites (N-methyl/N-ethyl adjacent to an activating group) is 1. The van der Waals surface area contributed by atoms with Gasteiger partial charge in [-0.3, -0.25) is 4.79 Å². The third kappa shape index (κ3) is 4.93. The van der Waals surface area contributed by atoms with Gasteiger partial charge >= 0.3 is 0 Å². The Kier molecular flexibility index (Phi) is 6.20. The van der Waals surface area contributed by atoms with Gasteiger partial charge in [-0.05, 0) is 43.7 Å². The van der Waals surface area contributed by atoms with Gasteiger partial charge in [0.2, 0.25) is 10.0 Å². The molecule has 2 aromatic heterocycles. The van der Waals surface area contributed by atoms with E-state index in [-0.39, 0.29) is 12.3 Å². The van der Waals surface area contributed by atoms with E-state index in [2.05, 4.69) is 0 Å². The van der Waals surface area contributed by atoms with Crippen LogP contribution < -0.4 is 0 Å². The predicted molar refractivity (Wildman–Crippen MR) is 113 cm³/mol. The molecule has 0 N–H and O–H groups in total. The van der Waals surface area contributed by atoms with Gasteiger partial charge in [0.05, 0.1) is 19.4 Å². The second kappa shape index (κ2) is 8.63. The molecule has 6 nitrogen and oxygen atoms in total. The Morgan fingerprint density at radius 3 is 2.52 bits per heavy atom. The molecule has 0 spiro atoms. The highest BCUT2D eigenvalue weighted by molar-refractivity contribution is 7.92. The number of rotatable bonds is 8.